The van der Waals surface area contributed by atoms with Crippen molar-refractivity contribution >= 4 is 11.9 Å². The van der Waals surface area contributed by atoms with Crippen LogP contribution in [0, 0.1) is 0 Å². The average Bonchev–Trinajstić information content (AvgIpc) is 2.52. The predicted octanol–water partition coefficient (Wildman–Crippen LogP) is 1.37. The van der Waals surface area contributed by atoms with Crippen molar-refractivity contribution in [2.45, 2.75) is 58.1 Å². The van der Waals surface area contributed by atoms with E-state index >= 15 is 0 Å². The summed E-state index contributed by atoms with van der Waals surface area (Å²) in [4.78, 5) is 17.6. The molecule has 6 heteroatoms. The third kappa shape index (κ3) is 7.64. The smallest absolute Gasteiger partial charge is 0.243 e. The van der Waals surface area contributed by atoms with Crippen molar-refractivity contribution in [2.24, 2.45) is 4.99 Å². The van der Waals surface area contributed by atoms with Crippen LogP contribution in [-0.4, -0.2) is 62.7 Å². The van der Waals surface area contributed by atoms with Gasteiger partial charge in [0, 0.05) is 33.3 Å². The summed E-state index contributed by atoms with van der Waals surface area (Å²) in [7, 11) is 3.49. The lowest BCUT2D eigenvalue weighted by Gasteiger charge is -2.23. The topological polar surface area (TPSA) is 66.0 Å². The number of likely N-dealkylation sites (N-methyl/N-ethyl adjacent to an activating group) is 1. The normalized spacial score (nSPS) is 20.4. The Bertz CT molecular complexity index is 352. The van der Waals surface area contributed by atoms with E-state index < -0.39 is 0 Å². The minimum Gasteiger partial charge on any atom is -0.378 e. The molecule has 0 aliphatic carbocycles. The van der Waals surface area contributed by atoms with E-state index in [0.29, 0.717) is 18.1 Å². The van der Waals surface area contributed by atoms with Crippen LogP contribution in [0.15, 0.2) is 4.99 Å². The second-order valence-electron chi connectivity index (χ2n) is 6.11. The van der Waals surface area contributed by atoms with Gasteiger partial charge in [-0.2, -0.15) is 0 Å². The van der Waals surface area contributed by atoms with Crippen LogP contribution in [0.5, 0.6) is 0 Å². The highest BCUT2D eigenvalue weighted by Gasteiger charge is 2.14. The summed E-state index contributed by atoms with van der Waals surface area (Å²) in [6.07, 6.45) is 5.92. The monoisotopic (exact) mass is 312 g/mol. The Morgan fingerprint density at radius 3 is 2.77 bits per heavy atom. The summed E-state index contributed by atoms with van der Waals surface area (Å²) in [6, 6.07) is 0.326. The molecule has 22 heavy (non-hydrogen) atoms. The molecule has 0 aromatic carbocycles. The molecular formula is C16H32N4O2. The number of hydrogen-bond donors (Lipinski definition) is 2. The summed E-state index contributed by atoms with van der Waals surface area (Å²) < 4.78 is 5.73. The van der Waals surface area contributed by atoms with Gasteiger partial charge in [-0.3, -0.25) is 4.79 Å². The zero-order chi connectivity index (χ0) is 16.4. The first-order valence-corrected chi connectivity index (χ1v) is 8.39. The summed E-state index contributed by atoms with van der Waals surface area (Å²) in [5, 5.41) is 6.64. The van der Waals surface area contributed by atoms with Gasteiger partial charge >= 0.3 is 0 Å². The number of carbonyl (C=O) groups is 1. The number of carbonyl (C=O) groups excluding carboxylic acids is 1. The largest absolute Gasteiger partial charge is 0.378 e. The first-order chi connectivity index (χ1) is 10.5. The van der Waals surface area contributed by atoms with Crippen molar-refractivity contribution in [3.63, 3.8) is 0 Å². The highest BCUT2D eigenvalue weighted by molar-refractivity contribution is 5.84. The van der Waals surface area contributed by atoms with Crippen molar-refractivity contribution in [3.8, 4) is 0 Å². The van der Waals surface area contributed by atoms with Crippen molar-refractivity contribution in [1.82, 2.24) is 15.5 Å². The van der Waals surface area contributed by atoms with E-state index in [0.717, 1.165) is 32.4 Å². The Balaban J connectivity index is 2.42. The van der Waals surface area contributed by atoms with E-state index in [2.05, 4.69) is 29.5 Å². The lowest BCUT2D eigenvalue weighted by Crippen LogP contribution is -2.43. The Labute approximate surface area is 134 Å². The maximum Gasteiger partial charge on any atom is 0.243 e. The molecule has 2 unspecified atom stereocenters. The highest BCUT2D eigenvalue weighted by Crippen LogP contribution is 2.14. The summed E-state index contributed by atoms with van der Waals surface area (Å²) >= 11 is 0. The van der Waals surface area contributed by atoms with Crippen molar-refractivity contribution in [2.75, 3.05) is 33.8 Å². The third-order valence-electron chi connectivity index (χ3n) is 3.90. The fraction of sp³-hybridized carbons (Fsp3) is 0.875. The van der Waals surface area contributed by atoms with Crippen LogP contribution in [-0.2, 0) is 9.53 Å². The van der Waals surface area contributed by atoms with Crippen molar-refractivity contribution in [3.05, 3.63) is 0 Å². The molecule has 1 aliphatic heterocycles. The Morgan fingerprint density at radius 1 is 1.41 bits per heavy atom. The Hall–Kier alpha value is -1.30. The van der Waals surface area contributed by atoms with Gasteiger partial charge in [-0.15, -0.1) is 0 Å². The molecule has 0 radical (unpaired) electrons. The molecule has 1 heterocycles. The number of amides is 1. The number of nitrogens with zero attached hydrogens (tertiary/aromatic N) is 2. The van der Waals surface area contributed by atoms with Gasteiger partial charge in [0.1, 0.15) is 6.54 Å². The molecule has 1 fully saturated rings. The van der Waals surface area contributed by atoms with Gasteiger partial charge < -0.3 is 20.3 Å². The maximum atomic E-state index is 11.7. The van der Waals surface area contributed by atoms with Gasteiger partial charge in [-0.05, 0) is 39.0 Å². The number of rotatable bonds is 7. The van der Waals surface area contributed by atoms with Crippen LogP contribution in [0.3, 0.4) is 0 Å². The van der Waals surface area contributed by atoms with Crippen LogP contribution >= 0.6 is 0 Å². The molecular weight excluding hydrogens is 280 g/mol. The lowest BCUT2D eigenvalue weighted by atomic mass is 10.1. The van der Waals surface area contributed by atoms with Crippen LogP contribution in [0.2, 0.25) is 0 Å². The van der Waals surface area contributed by atoms with Crippen molar-refractivity contribution < 1.29 is 9.53 Å². The standard InChI is InChI=1S/C16H32N4O2/c1-5-13(2)19-16(18-12-15(21)20(3)4)17-10-9-14-8-6-7-11-22-14/h13-14H,5-12H2,1-4H3,(H2,17,18,19). The summed E-state index contributed by atoms with van der Waals surface area (Å²) in [6.45, 7) is 6.08. The van der Waals surface area contributed by atoms with Crippen LogP contribution < -0.4 is 10.6 Å². The molecule has 0 bridgehead atoms. The van der Waals surface area contributed by atoms with Gasteiger partial charge in [0.05, 0.1) is 6.10 Å². The van der Waals surface area contributed by atoms with Crippen LogP contribution in [0.25, 0.3) is 0 Å². The van der Waals surface area contributed by atoms with E-state index in [4.69, 9.17) is 4.74 Å². The molecule has 1 saturated heterocycles. The quantitative estimate of drug-likeness (QED) is 0.550. The predicted molar refractivity (Wildman–Crippen MR) is 90.1 cm³/mol. The van der Waals surface area contributed by atoms with Gasteiger partial charge in [-0.1, -0.05) is 6.92 Å². The van der Waals surface area contributed by atoms with Gasteiger partial charge in [0.2, 0.25) is 5.91 Å². The van der Waals surface area contributed by atoms with Crippen LogP contribution in [0.1, 0.15) is 46.0 Å². The molecule has 2 N–H and O–H groups in total. The van der Waals surface area contributed by atoms with Crippen LogP contribution in [0.4, 0.5) is 0 Å². The van der Waals surface area contributed by atoms with Crippen molar-refractivity contribution in [1.29, 1.82) is 0 Å². The van der Waals surface area contributed by atoms with Gasteiger partial charge in [0.15, 0.2) is 5.96 Å². The molecule has 128 valence electrons. The highest BCUT2D eigenvalue weighted by atomic mass is 16.5. The number of aliphatic imine (C=N–C) groups is 1. The maximum absolute atomic E-state index is 11.7. The first kappa shape index (κ1) is 18.7. The molecule has 6 nitrogen and oxygen atoms in total. The van der Waals surface area contributed by atoms with Gasteiger partial charge in [0.25, 0.3) is 0 Å². The Morgan fingerprint density at radius 2 is 2.18 bits per heavy atom. The number of ether oxygens (including phenoxy) is 1. The molecule has 2 atom stereocenters. The number of nitrogens with one attached hydrogen (secondary N) is 2. The lowest BCUT2D eigenvalue weighted by molar-refractivity contribution is -0.127. The zero-order valence-corrected chi connectivity index (χ0v) is 14.5. The molecule has 0 saturated carbocycles. The molecule has 0 spiro atoms. The minimum atomic E-state index is 0.000801. The fourth-order valence-electron chi connectivity index (χ4n) is 2.16. The van der Waals surface area contributed by atoms with E-state index in [-0.39, 0.29) is 12.5 Å². The first-order valence-electron chi connectivity index (χ1n) is 8.39. The summed E-state index contributed by atoms with van der Waals surface area (Å²) in [5.41, 5.74) is 0. The summed E-state index contributed by atoms with van der Waals surface area (Å²) in [5.74, 6) is 0.709. The van der Waals surface area contributed by atoms with E-state index in [9.17, 15) is 4.79 Å². The fourth-order valence-corrected chi connectivity index (χ4v) is 2.16. The zero-order valence-electron chi connectivity index (χ0n) is 14.5. The number of hydrogen-bond acceptors (Lipinski definition) is 3. The SMILES string of the molecule is CCC(C)NC(=NCC(=O)N(C)C)NCCC1CCCCO1. The molecule has 1 amide bonds. The molecule has 1 aliphatic rings. The second-order valence-corrected chi connectivity index (χ2v) is 6.11. The Kier molecular flexibility index (Phi) is 8.89. The molecule has 1 rings (SSSR count). The minimum absolute atomic E-state index is 0.000801. The average molecular weight is 312 g/mol. The third-order valence-corrected chi connectivity index (χ3v) is 3.90. The molecule has 0 aromatic rings. The number of guanidine groups is 1. The van der Waals surface area contributed by atoms with Gasteiger partial charge in [-0.25, -0.2) is 4.99 Å². The second kappa shape index (κ2) is 10.4. The van der Waals surface area contributed by atoms with E-state index in [1.54, 1.807) is 19.0 Å². The van der Waals surface area contributed by atoms with E-state index in [1.165, 1.54) is 12.8 Å². The van der Waals surface area contributed by atoms with E-state index in [1.807, 2.05) is 0 Å². The molecule has 0 aromatic heterocycles.